The third kappa shape index (κ3) is 8.56. The molecule has 2 amide bonds. The molecule has 248 valence electrons. The molecule has 1 fully saturated rings. The Kier molecular flexibility index (Phi) is 11.6. The molecular weight excluding hydrogens is 590 g/mol. The van der Waals surface area contributed by atoms with Gasteiger partial charge in [0, 0.05) is 32.2 Å². The van der Waals surface area contributed by atoms with Crippen LogP contribution in [0.15, 0.2) is 17.1 Å². The van der Waals surface area contributed by atoms with Gasteiger partial charge in [-0.1, -0.05) is 45.4 Å². The number of rotatable bonds is 13. The lowest BCUT2D eigenvalue weighted by Gasteiger charge is -2.36. The molecule has 2 aliphatic heterocycles. The van der Waals surface area contributed by atoms with E-state index >= 15 is 8.78 Å². The minimum atomic E-state index is -5.02. The zero-order valence-electron chi connectivity index (χ0n) is 27.4. The number of sulfonamides is 1. The monoisotopic (exact) mass is 640 g/mol. The third-order valence-corrected chi connectivity index (χ3v) is 10.4. The van der Waals surface area contributed by atoms with Gasteiger partial charge in [0.05, 0.1) is 6.42 Å². The normalized spacial score (nSPS) is 17.5. The predicted octanol–water partition coefficient (Wildman–Crippen LogP) is 6.64. The molecule has 9 nitrogen and oxygen atoms in total. The predicted molar refractivity (Wildman–Crippen MR) is 170 cm³/mol. The first kappa shape index (κ1) is 35.9. The highest BCUT2D eigenvalue weighted by molar-refractivity contribution is 7.90. The summed E-state index contributed by atoms with van der Waals surface area (Å²) in [4.78, 5) is 31.3. The number of nitrogens with zero attached hydrogens (tertiary/aromatic N) is 3. The lowest BCUT2D eigenvalue weighted by Crippen LogP contribution is -2.53. The van der Waals surface area contributed by atoms with Crippen molar-refractivity contribution < 1.29 is 31.5 Å². The van der Waals surface area contributed by atoms with Crippen LogP contribution in [0.2, 0.25) is 0 Å². The molecular formula is C32H50F2N4O5S. The summed E-state index contributed by atoms with van der Waals surface area (Å²) >= 11 is 0. The summed E-state index contributed by atoms with van der Waals surface area (Å²) in [6, 6.07) is 3.14. The van der Waals surface area contributed by atoms with Gasteiger partial charge in [-0.2, -0.15) is 13.1 Å². The van der Waals surface area contributed by atoms with Crippen LogP contribution in [0.3, 0.4) is 0 Å². The van der Waals surface area contributed by atoms with Crippen molar-refractivity contribution in [1.82, 2.24) is 9.62 Å². The van der Waals surface area contributed by atoms with Crippen LogP contribution in [-0.4, -0.2) is 67.1 Å². The number of amides is 2. The number of piperidine rings is 1. The second-order valence-electron chi connectivity index (χ2n) is 13.2. The van der Waals surface area contributed by atoms with E-state index in [0.717, 1.165) is 23.6 Å². The molecule has 1 aromatic rings. The first-order valence-electron chi connectivity index (χ1n) is 15.8. The fraction of sp³-hybridized carbons (Fsp3) is 0.719. The van der Waals surface area contributed by atoms with E-state index < -0.39 is 38.9 Å². The zero-order valence-corrected chi connectivity index (χ0v) is 28.2. The molecule has 1 aromatic carbocycles. The molecule has 12 heteroatoms. The van der Waals surface area contributed by atoms with Gasteiger partial charge in [0.2, 0.25) is 0 Å². The van der Waals surface area contributed by atoms with Gasteiger partial charge in [0.25, 0.3) is 15.9 Å². The van der Waals surface area contributed by atoms with E-state index in [1.165, 1.54) is 37.6 Å². The zero-order chi connectivity index (χ0) is 32.9. The van der Waals surface area contributed by atoms with E-state index in [-0.39, 0.29) is 37.4 Å². The molecule has 1 N–H and O–H groups in total. The van der Waals surface area contributed by atoms with Gasteiger partial charge in [-0.05, 0) is 82.7 Å². The Morgan fingerprint density at radius 2 is 1.59 bits per heavy atom. The number of benzene rings is 1. The second-order valence-corrected chi connectivity index (χ2v) is 15.3. The average molecular weight is 641 g/mol. The molecule has 0 aromatic heterocycles. The first-order valence-corrected chi connectivity index (χ1v) is 17.2. The van der Waals surface area contributed by atoms with Crippen LogP contribution in [0, 0.1) is 13.8 Å². The Labute approximate surface area is 261 Å². The van der Waals surface area contributed by atoms with Gasteiger partial charge in [-0.3, -0.25) is 14.7 Å². The van der Waals surface area contributed by atoms with Crippen LogP contribution >= 0.6 is 0 Å². The summed E-state index contributed by atoms with van der Waals surface area (Å²) in [5.74, 6) is 0.332. The summed E-state index contributed by atoms with van der Waals surface area (Å²) < 4.78 is 63.7. The van der Waals surface area contributed by atoms with Crippen molar-refractivity contribution in [1.29, 1.82) is 0 Å². The number of carbonyl (C=O) groups is 2. The van der Waals surface area contributed by atoms with Crippen LogP contribution < -0.4 is 10.2 Å². The molecule has 1 spiro atoms. The largest absolute Gasteiger partial charge is 0.443 e. The summed E-state index contributed by atoms with van der Waals surface area (Å²) in [5, 5.41) is -1.23. The molecule has 0 atom stereocenters. The van der Waals surface area contributed by atoms with Gasteiger partial charge in [0.15, 0.2) is 0 Å². The highest BCUT2D eigenvalue weighted by Gasteiger charge is 2.53. The number of unbranched alkanes of at least 4 members (excludes halogenated alkanes) is 6. The van der Waals surface area contributed by atoms with Crippen LogP contribution in [0.1, 0.15) is 109 Å². The third-order valence-electron chi connectivity index (χ3n) is 8.43. The number of anilines is 1. The molecule has 0 unspecified atom stereocenters. The molecule has 44 heavy (non-hydrogen) atoms. The highest BCUT2D eigenvalue weighted by Crippen LogP contribution is 2.38. The Balaban J connectivity index is 1.64. The van der Waals surface area contributed by atoms with E-state index in [2.05, 4.69) is 17.2 Å². The molecule has 1 saturated heterocycles. The average Bonchev–Trinajstić information content (AvgIpc) is 3.22. The van der Waals surface area contributed by atoms with Gasteiger partial charge >= 0.3 is 11.3 Å². The summed E-state index contributed by atoms with van der Waals surface area (Å²) in [5.41, 5.74) is -0.276. The van der Waals surface area contributed by atoms with Gasteiger partial charge in [-0.25, -0.2) is 13.2 Å². The molecule has 2 heterocycles. The number of nitrogens with one attached hydrogen (secondary N) is 1. The summed E-state index contributed by atoms with van der Waals surface area (Å²) in [6.45, 7) is 10.2. The van der Waals surface area contributed by atoms with Crippen LogP contribution in [-0.2, 0) is 26.0 Å². The quantitative estimate of drug-likeness (QED) is 0.243. The van der Waals surface area contributed by atoms with Crippen molar-refractivity contribution in [3.63, 3.8) is 0 Å². The number of alkyl halides is 2. The fourth-order valence-corrected chi connectivity index (χ4v) is 7.12. The van der Waals surface area contributed by atoms with Crippen LogP contribution in [0.25, 0.3) is 0 Å². The molecule has 0 bridgehead atoms. The second kappa shape index (κ2) is 14.2. The van der Waals surface area contributed by atoms with Crippen molar-refractivity contribution in [2.45, 2.75) is 129 Å². The first-order chi connectivity index (χ1) is 20.4. The van der Waals surface area contributed by atoms with E-state index in [1.807, 2.05) is 0 Å². The number of carbonyl (C=O) groups excluding carboxylic acids is 2. The number of amidine groups is 1. The SMILES string of the molecule is CCCCCCCCCC1=NC2(CCN(S(=O)(=O)C(F)(F)Cc3c(C)cc(N(C)C(=O)OC(C)(C)C)cc3C)CC2)C(=O)N1. The lowest BCUT2D eigenvalue weighted by atomic mass is 9.89. The molecule has 3 rings (SSSR count). The van der Waals surface area contributed by atoms with Crippen molar-refractivity contribution >= 4 is 33.5 Å². The summed E-state index contributed by atoms with van der Waals surface area (Å²) in [7, 11) is -3.50. The Hall–Kier alpha value is -2.60. The number of hydrogen-bond donors (Lipinski definition) is 1. The molecule has 0 saturated carbocycles. The Morgan fingerprint density at radius 1 is 1.05 bits per heavy atom. The standard InChI is InChI=1S/C32H50F2N4O5S/c1-8-9-10-11-12-13-14-15-27-35-28(39)31(36-27)16-18-38(19-17-31)44(41,42)32(33,34)22-26-23(2)20-25(21-24(26)3)37(7)29(40)43-30(4,5)6/h20-21H,8-19,22H2,1-7H3,(H,35,36,39). The van der Waals surface area contributed by atoms with Crippen LogP contribution in [0.4, 0.5) is 19.3 Å². The van der Waals surface area contributed by atoms with Crippen molar-refractivity contribution in [2.24, 2.45) is 4.99 Å². The molecule has 0 radical (unpaired) electrons. The van der Waals surface area contributed by atoms with Gasteiger partial charge < -0.3 is 10.1 Å². The van der Waals surface area contributed by atoms with Gasteiger partial charge in [0.1, 0.15) is 17.0 Å². The number of ether oxygens (including phenoxy) is 1. The number of halogens is 2. The highest BCUT2D eigenvalue weighted by atomic mass is 32.2. The number of aryl methyl sites for hydroxylation is 2. The maximum absolute atomic E-state index is 15.6. The number of hydrogen-bond acceptors (Lipinski definition) is 6. The van der Waals surface area contributed by atoms with Crippen molar-refractivity contribution in [3.05, 3.63) is 28.8 Å². The molecule has 0 aliphatic carbocycles. The lowest BCUT2D eigenvalue weighted by molar-refractivity contribution is -0.125. The van der Waals surface area contributed by atoms with Crippen molar-refractivity contribution in [2.75, 3.05) is 25.0 Å². The maximum atomic E-state index is 15.6. The van der Waals surface area contributed by atoms with E-state index in [9.17, 15) is 18.0 Å². The number of aliphatic imine (C=N–C) groups is 1. The smallest absolute Gasteiger partial charge is 0.414 e. The summed E-state index contributed by atoms with van der Waals surface area (Å²) in [6.07, 6.45) is 7.12. The van der Waals surface area contributed by atoms with Crippen molar-refractivity contribution in [3.8, 4) is 0 Å². The van der Waals surface area contributed by atoms with E-state index in [4.69, 9.17) is 4.74 Å². The Bertz CT molecular complexity index is 1310. The van der Waals surface area contributed by atoms with E-state index in [1.54, 1.807) is 46.8 Å². The minimum absolute atomic E-state index is 0.0540. The Morgan fingerprint density at radius 3 is 2.14 bits per heavy atom. The minimum Gasteiger partial charge on any atom is -0.443 e. The molecule has 2 aliphatic rings. The topological polar surface area (TPSA) is 108 Å². The van der Waals surface area contributed by atoms with Crippen LogP contribution in [0.5, 0.6) is 0 Å². The fourth-order valence-electron chi connectivity index (χ4n) is 5.75. The maximum Gasteiger partial charge on any atom is 0.414 e. The van der Waals surface area contributed by atoms with Gasteiger partial charge in [-0.15, -0.1) is 0 Å². The van der Waals surface area contributed by atoms with E-state index in [0.29, 0.717) is 29.1 Å².